The molecule has 2 atom stereocenters. The number of unbranched alkanes of at least 4 members (excludes halogenated alkanes) is 1. The monoisotopic (exact) mass is 288 g/mol. The van der Waals surface area contributed by atoms with Crippen LogP contribution in [0.25, 0.3) is 0 Å². The van der Waals surface area contributed by atoms with Crippen molar-refractivity contribution in [3.8, 4) is 0 Å². The first-order valence-corrected chi connectivity index (χ1v) is 8.34. The first kappa shape index (κ1) is 15.9. The molecule has 1 aliphatic rings. The first-order chi connectivity index (χ1) is 10.2. The van der Waals surface area contributed by atoms with Crippen molar-refractivity contribution in [1.82, 2.24) is 5.32 Å². The van der Waals surface area contributed by atoms with Crippen LogP contribution in [-0.2, 0) is 11.2 Å². The van der Waals surface area contributed by atoms with Gasteiger partial charge in [-0.05, 0) is 55.4 Å². The fourth-order valence-electron chi connectivity index (χ4n) is 3.24. The van der Waals surface area contributed by atoms with Gasteiger partial charge in [0.2, 0.25) is 5.91 Å². The van der Waals surface area contributed by atoms with Gasteiger partial charge in [0, 0.05) is 11.6 Å². The molecule has 3 heteroatoms. The van der Waals surface area contributed by atoms with Crippen LogP contribution in [0.1, 0.15) is 69.5 Å². The second kappa shape index (κ2) is 7.48. The molecule has 0 spiro atoms. The molecule has 2 unspecified atom stereocenters. The summed E-state index contributed by atoms with van der Waals surface area (Å²) in [5.74, 6) is 0.379. The average Bonchev–Trinajstić information content (AvgIpc) is 2.48. The Balaban J connectivity index is 2.05. The number of nitrogens with one attached hydrogen (secondary N) is 1. The third-order valence-electron chi connectivity index (χ3n) is 4.57. The molecule has 0 saturated heterocycles. The van der Waals surface area contributed by atoms with Crippen LogP contribution in [0.3, 0.4) is 0 Å². The van der Waals surface area contributed by atoms with E-state index in [1.807, 2.05) is 6.07 Å². The molecule has 3 N–H and O–H groups in total. The maximum absolute atomic E-state index is 12.5. The highest BCUT2D eigenvalue weighted by Crippen LogP contribution is 2.31. The van der Waals surface area contributed by atoms with Crippen LogP contribution >= 0.6 is 0 Å². The predicted molar refractivity (Wildman–Crippen MR) is 88.0 cm³/mol. The third-order valence-corrected chi connectivity index (χ3v) is 4.57. The van der Waals surface area contributed by atoms with Crippen molar-refractivity contribution in [2.24, 2.45) is 5.92 Å². The van der Waals surface area contributed by atoms with E-state index >= 15 is 0 Å². The van der Waals surface area contributed by atoms with Crippen molar-refractivity contribution < 1.29 is 4.79 Å². The van der Waals surface area contributed by atoms with E-state index in [0.717, 1.165) is 50.6 Å². The van der Waals surface area contributed by atoms with E-state index in [0.29, 0.717) is 0 Å². The Bertz CT molecular complexity index is 484. The summed E-state index contributed by atoms with van der Waals surface area (Å²) in [6.07, 6.45) is 7.42. The molecule has 1 aromatic rings. The number of carbonyl (C=O) groups excluding carboxylic acids is 1. The summed E-state index contributed by atoms with van der Waals surface area (Å²) in [6, 6.07) is 6.25. The topological polar surface area (TPSA) is 55.1 Å². The Kier molecular flexibility index (Phi) is 5.66. The minimum absolute atomic E-state index is 0.157. The van der Waals surface area contributed by atoms with E-state index in [2.05, 4.69) is 31.3 Å². The molecule has 2 rings (SSSR count). The molecule has 1 amide bonds. The van der Waals surface area contributed by atoms with Gasteiger partial charge in [0.1, 0.15) is 0 Å². The highest BCUT2D eigenvalue weighted by Gasteiger charge is 2.24. The zero-order valence-corrected chi connectivity index (χ0v) is 13.3. The van der Waals surface area contributed by atoms with E-state index < -0.39 is 0 Å². The molecule has 0 bridgehead atoms. The van der Waals surface area contributed by atoms with Crippen molar-refractivity contribution in [1.29, 1.82) is 0 Å². The number of aryl methyl sites for hydroxylation is 1. The van der Waals surface area contributed by atoms with E-state index in [1.54, 1.807) is 0 Å². The van der Waals surface area contributed by atoms with E-state index in [-0.39, 0.29) is 17.9 Å². The maximum atomic E-state index is 12.5. The molecule has 0 aromatic heterocycles. The van der Waals surface area contributed by atoms with Crippen molar-refractivity contribution >= 4 is 11.6 Å². The lowest BCUT2D eigenvalue weighted by Gasteiger charge is -2.28. The number of hydrogen-bond donors (Lipinski definition) is 2. The molecule has 0 aliphatic heterocycles. The minimum atomic E-state index is 0.157. The number of anilines is 1. The number of nitrogen functional groups attached to an aromatic ring is 1. The predicted octanol–water partition coefficient (Wildman–Crippen LogP) is 3.98. The summed E-state index contributed by atoms with van der Waals surface area (Å²) in [5, 5.41) is 3.27. The van der Waals surface area contributed by atoms with Gasteiger partial charge < -0.3 is 11.1 Å². The van der Waals surface area contributed by atoms with Crippen molar-refractivity contribution in [2.45, 2.75) is 64.8 Å². The molecular weight excluding hydrogens is 260 g/mol. The molecule has 0 radical (unpaired) electrons. The first-order valence-electron chi connectivity index (χ1n) is 8.34. The molecular formula is C18H28N2O. The second-order valence-corrected chi connectivity index (χ2v) is 6.16. The summed E-state index contributed by atoms with van der Waals surface area (Å²) >= 11 is 0. The fraction of sp³-hybridized carbons (Fsp3) is 0.611. The largest absolute Gasteiger partial charge is 0.399 e. The lowest BCUT2D eigenvalue weighted by molar-refractivity contribution is -0.126. The minimum Gasteiger partial charge on any atom is -0.399 e. The fourth-order valence-corrected chi connectivity index (χ4v) is 3.24. The van der Waals surface area contributed by atoms with E-state index in [1.165, 1.54) is 11.1 Å². The van der Waals surface area contributed by atoms with Gasteiger partial charge in [0.25, 0.3) is 0 Å². The van der Waals surface area contributed by atoms with Crippen LogP contribution in [0, 0.1) is 5.92 Å². The SMILES string of the molecule is CCCCC(CC)C(=O)NC1CCCc2cc(N)ccc21. The smallest absolute Gasteiger partial charge is 0.223 e. The van der Waals surface area contributed by atoms with E-state index in [4.69, 9.17) is 5.73 Å². The number of benzene rings is 1. The molecule has 3 nitrogen and oxygen atoms in total. The van der Waals surface area contributed by atoms with Gasteiger partial charge in [-0.2, -0.15) is 0 Å². The summed E-state index contributed by atoms with van der Waals surface area (Å²) < 4.78 is 0. The van der Waals surface area contributed by atoms with Crippen molar-refractivity contribution in [3.63, 3.8) is 0 Å². The quantitative estimate of drug-likeness (QED) is 0.778. The van der Waals surface area contributed by atoms with Gasteiger partial charge in [-0.3, -0.25) is 4.79 Å². The van der Waals surface area contributed by atoms with Crippen LogP contribution in [0.2, 0.25) is 0 Å². The number of fused-ring (bicyclic) bond motifs is 1. The maximum Gasteiger partial charge on any atom is 0.223 e. The van der Waals surface area contributed by atoms with Gasteiger partial charge in [-0.15, -0.1) is 0 Å². The normalized spacial score (nSPS) is 18.9. The lowest BCUT2D eigenvalue weighted by atomic mass is 9.86. The highest BCUT2D eigenvalue weighted by molar-refractivity contribution is 5.79. The number of carbonyl (C=O) groups is 1. The summed E-state index contributed by atoms with van der Waals surface area (Å²) in [6.45, 7) is 4.28. The van der Waals surface area contributed by atoms with Crippen molar-refractivity contribution in [3.05, 3.63) is 29.3 Å². The van der Waals surface area contributed by atoms with Gasteiger partial charge in [0.15, 0.2) is 0 Å². The van der Waals surface area contributed by atoms with Gasteiger partial charge in [-0.1, -0.05) is 32.8 Å². The Morgan fingerprint density at radius 2 is 2.24 bits per heavy atom. The summed E-state index contributed by atoms with van der Waals surface area (Å²) in [7, 11) is 0. The molecule has 0 fully saturated rings. The van der Waals surface area contributed by atoms with Crippen LogP contribution in [0.4, 0.5) is 5.69 Å². The summed E-state index contributed by atoms with van der Waals surface area (Å²) in [4.78, 5) is 12.5. The van der Waals surface area contributed by atoms with Gasteiger partial charge >= 0.3 is 0 Å². The van der Waals surface area contributed by atoms with Crippen LogP contribution in [-0.4, -0.2) is 5.91 Å². The van der Waals surface area contributed by atoms with Gasteiger partial charge in [0.05, 0.1) is 6.04 Å². The molecule has 1 aliphatic carbocycles. The molecule has 0 saturated carbocycles. The number of nitrogens with two attached hydrogens (primary N) is 1. The third kappa shape index (κ3) is 3.99. The Morgan fingerprint density at radius 1 is 1.43 bits per heavy atom. The zero-order valence-electron chi connectivity index (χ0n) is 13.3. The molecule has 1 aromatic carbocycles. The highest BCUT2D eigenvalue weighted by atomic mass is 16.1. The number of amides is 1. The van der Waals surface area contributed by atoms with Gasteiger partial charge in [-0.25, -0.2) is 0 Å². The van der Waals surface area contributed by atoms with Crippen LogP contribution in [0.15, 0.2) is 18.2 Å². The lowest BCUT2D eigenvalue weighted by Crippen LogP contribution is -2.35. The second-order valence-electron chi connectivity index (χ2n) is 6.16. The van der Waals surface area contributed by atoms with Crippen LogP contribution < -0.4 is 11.1 Å². The molecule has 0 heterocycles. The van der Waals surface area contributed by atoms with Crippen LogP contribution in [0.5, 0.6) is 0 Å². The molecule has 116 valence electrons. The Labute approximate surface area is 128 Å². The zero-order chi connectivity index (χ0) is 15.2. The molecule has 21 heavy (non-hydrogen) atoms. The average molecular weight is 288 g/mol. The number of hydrogen-bond acceptors (Lipinski definition) is 2. The Hall–Kier alpha value is -1.51. The standard InChI is InChI=1S/C18H28N2O/c1-3-5-7-13(4-2)18(21)20-17-9-6-8-14-12-15(19)10-11-16(14)17/h10-13,17H,3-9,19H2,1-2H3,(H,20,21). The summed E-state index contributed by atoms with van der Waals surface area (Å²) in [5.41, 5.74) is 9.24. The number of rotatable bonds is 6. The Morgan fingerprint density at radius 3 is 2.95 bits per heavy atom. The van der Waals surface area contributed by atoms with E-state index in [9.17, 15) is 4.79 Å². The van der Waals surface area contributed by atoms with Crippen molar-refractivity contribution in [2.75, 3.05) is 5.73 Å².